The maximum atomic E-state index is 11.4. The molecule has 0 heterocycles. The number of thioether (sulfide) groups is 2. The van der Waals surface area contributed by atoms with Crippen LogP contribution in [0.15, 0.2) is 47.6 Å². The van der Waals surface area contributed by atoms with Crippen LogP contribution in [0.3, 0.4) is 0 Å². The molecule has 0 saturated heterocycles. The Morgan fingerprint density at radius 2 is 1.19 bits per heavy atom. The minimum absolute atomic E-state index is 0.349. The summed E-state index contributed by atoms with van der Waals surface area (Å²) in [5, 5.41) is 2.35. The number of hydrogen-bond acceptors (Lipinski definition) is 6. The van der Waals surface area contributed by atoms with E-state index in [9.17, 15) is 9.59 Å². The van der Waals surface area contributed by atoms with E-state index in [0.717, 1.165) is 0 Å². The van der Waals surface area contributed by atoms with Gasteiger partial charge >= 0.3 is 11.9 Å². The fourth-order valence-electron chi connectivity index (χ4n) is 1.90. The van der Waals surface area contributed by atoms with Gasteiger partial charge in [0.2, 0.25) is 0 Å². The fourth-order valence-corrected chi connectivity index (χ4v) is 3.74. The molecule has 26 heavy (non-hydrogen) atoms. The second kappa shape index (κ2) is 11.3. The summed E-state index contributed by atoms with van der Waals surface area (Å²) < 4.78 is 10.2. The molecule has 0 aromatic heterocycles. The SMILES string of the molecule is C=C(C)C(=O)OCCS[C]1C=C[C](SCCOC(=O)C(=C)C)C(C)=C1C. The van der Waals surface area contributed by atoms with Crippen molar-refractivity contribution in [2.75, 3.05) is 24.7 Å². The van der Waals surface area contributed by atoms with E-state index >= 15 is 0 Å². The predicted molar refractivity (Wildman–Crippen MR) is 110 cm³/mol. The van der Waals surface area contributed by atoms with Crippen LogP contribution in [-0.4, -0.2) is 36.7 Å². The van der Waals surface area contributed by atoms with Crippen molar-refractivity contribution in [2.24, 2.45) is 0 Å². The minimum atomic E-state index is -0.349. The smallest absolute Gasteiger partial charge is 0.333 e. The molecule has 1 aliphatic rings. The molecule has 0 saturated carbocycles. The first-order valence-electron chi connectivity index (χ1n) is 8.25. The van der Waals surface area contributed by atoms with Crippen molar-refractivity contribution in [1.82, 2.24) is 0 Å². The van der Waals surface area contributed by atoms with Crippen molar-refractivity contribution in [3.05, 3.63) is 58.1 Å². The van der Waals surface area contributed by atoms with E-state index in [1.165, 1.54) is 21.6 Å². The second-order valence-electron chi connectivity index (χ2n) is 5.84. The zero-order valence-corrected chi connectivity index (χ0v) is 17.5. The van der Waals surface area contributed by atoms with Crippen molar-refractivity contribution in [3.63, 3.8) is 0 Å². The van der Waals surface area contributed by atoms with Crippen LogP contribution < -0.4 is 0 Å². The molecule has 1 rings (SSSR count). The van der Waals surface area contributed by atoms with Crippen molar-refractivity contribution in [2.45, 2.75) is 27.7 Å². The maximum Gasteiger partial charge on any atom is 0.333 e. The highest BCUT2D eigenvalue weighted by Gasteiger charge is 2.22. The molecule has 2 radical (unpaired) electrons. The Bertz CT molecular complexity index is 567. The Morgan fingerprint density at radius 1 is 0.846 bits per heavy atom. The molecule has 0 aromatic rings. The quantitative estimate of drug-likeness (QED) is 0.305. The van der Waals surface area contributed by atoms with Gasteiger partial charge in [0.05, 0.1) is 10.5 Å². The van der Waals surface area contributed by atoms with Crippen molar-refractivity contribution >= 4 is 35.5 Å². The average molecular weight is 395 g/mol. The van der Waals surface area contributed by atoms with Gasteiger partial charge in [-0.2, -0.15) is 0 Å². The number of rotatable bonds is 10. The van der Waals surface area contributed by atoms with Crippen LogP contribution in [0.25, 0.3) is 0 Å². The molecule has 0 N–H and O–H groups in total. The fraction of sp³-hybridized carbons (Fsp3) is 0.400. The van der Waals surface area contributed by atoms with E-state index in [1.807, 2.05) is 0 Å². The van der Waals surface area contributed by atoms with Gasteiger partial charge in [-0.1, -0.05) is 36.5 Å². The zero-order valence-electron chi connectivity index (χ0n) is 15.8. The van der Waals surface area contributed by atoms with Gasteiger partial charge in [-0.05, 0) is 27.7 Å². The molecule has 0 aromatic carbocycles. The number of carbonyl (C=O) groups excluding carboxylic acids is 2. The van der Waals surface area contributed by atoms with Gasteiger partial charge in [-0.25, -0.2) is 9.59 Å². The molecular formula is C20H26O4S2. The minimum Gasteiger partial charge on any atom is -0.461 e. The summed E-state index contributed by atoms with van der Waals surface area (Å²) in [5.74, 6) is 0.695. The molecule has 0 bridgehead atoms. The zero-order chi connectivity index (χ0) is 19.7. The Kier molecular flexibility index (Phi) is 9.88. The molecule has 4 nitrogen and oxygen atoms in total. The second-order valence-corrected chi connectivity index (χ2v) is 8.11. The summed E-state index contributed by atoms with van der Waals surface area (Å²) in [6.07, 6.45) is 4.16. The van der Waals surface area contributed by atoms with Crippen LogP contribution in [0.4, 0.5) is 0 Å². The Morgan fingerprint density at radius 3 is 1.50 bits per heavy atom. The number of hydrogen-bond donors (Lipinski definition) is 0. The van der Waals surface area contributed by atoms with Gasteiger partial charge in [-0.15, -0.1) is 23.5 Å². The lowest BCUT2D eigenvalue weighted by molar-refractivity contribution is -0.139. The van der Waals surface area contributed by atoms with E-state index < -0.39 is 0 Å². The topological polar surface area (TPSA) is 52.6 Å². The van der Waals surface area contributed by atoms with E-state index in [0.29, 0.717) is 35.9 Å². The van der Waals surface area contributed by atoms with Crippen LogP contribution in [0, 0.1) is 10.5 Å². The normalized spacial score (nSPS) is 15.1. The van der Waals surface area contributed by atoms with Gasteiger partial charge < -0.3 is 9.47 Å². The third-order valence-electron chi connectivity index (χ3n) is 3.53. The summed E-state index contributed by atoms with van der Waals surface area (Å²) in [5.41, 5.74) is 3.25. The third-order valence-corrected chi connectivity index (χ3v) is 5.78. The summed E-state index contributed by atoms with van der Waals surface area (Å²) in [6.45, 7) is 15.3. The van der Waals surface area contributed by atoms with Gasteiger partial charge in [0.1, 0.15) is 13.2 Å². The highest BCUT2D eigenvalue weighted by molar-refractivity contribution is 8.03. The highest BCUT2D eigenvalue weighted by Crippen LogP contribution is 2.42. The molecule has 0 atom stereocenters. The van der Waals surface area contributed by atoms with Crippen LogP contribution in [0.1, 0.15) is 27.7 Å². The predicted octanol–water partition coefficient (Wildman–Crippen LogP) is 4.66. The first-order valence-corrected chi connectivity index (χ1v) is 10.2. The molecule has 1 aliphatic carbocycles. The van der Waals surface area contributed by atoms with E-state index in [1.54, 1.807) is 37.4 Å². The summed E-state index contributed by atoms with van der Waals surface area (Å²) in [7, 11) is 0. The van der Waals surface area contributed by atoms with Crippen LogP contribution >= 0.6 is 23.5 Å². The monoisotopic (exact) mass is 394 g/mol. The maximum absolute atomic E-state index is 11.4. The summed E-state index contributed by atoms with van der Waals surface area (Å²) in [6, 6.07) is 0. The number of esters is 2. The largest absolute Gasteiger partial charge is 0.461 e. The Balaban J connectivity index is 2.37. The Labute approximate surface area is 165 Å². The average Bonchev–Trinajstić information content (AvgIpc) is 2.59. The molecule has 142 valence electrons. The lowest BCUT2D eigenvalue weighted by Gasteiger charge is -2.24. The summed E-state index contributed by atoms with van der Waals surface area (Å²) in [4.78, 5) is 22.7. The first-order chi connectivity index (χ1) is 12.2. The first kappa shape index (κ1) is 22.6. The van der Waals surface area contributed by atoms with E-state index in [2.05, 4.69) is 39.2 Å². The standard InChI is InChI=1S/C20H26O4S2/c1-13(2)19(21)23-9-11-25-17-7-8-18(16(6)15(17)5)26-12-10-24-20(22)14(3)4/h7-8H,1,3,9-12H2,2,4-6H3. The summed E-state index contributed by atoms with van der Waals surface area (Å²) >= 11 is 3.33. The van der Waals surface area contributed by atoms with Crippen molar-refractivity contribution in [3.8, 4) is 0 Å². The molecule has 0 unspecified atom stereocenters. The van der Waals surface area contributed by atoms with Crippen LogP contribution in [-0.2, 0) is 19.1 Å². The van der Waals surface area contributed by atoms with Crippen LogP contribution in [0.5, 0.6) is 0 Å². The van der Waals surface area contributed by atoms with Crippen molar-refractivity contribution < 1.29 is 19.1 Å². The van der Waals surface area contributed by atoms with Gasteiger partial charge in [0.15, 0.2) is 0 Å². The molecule has 6 heteroatoms. The molecule has 0 aliphatic heterocycles. The van der Waals surface area contributed by atoms with E-state index in [4.69, 9.17) is 9.47 Å². The lowest BCUT2D eigenvalue weighted by atomic mass is 9.99. The van der Waals surface area contributed by atoms with E-state index in [-0.39, 0.29) is 11.9 Å². The van der Waals surface area contributed by atoms with Gasteiger partial charge in [0, 0.05) is 22.7 Å². The molecular weight excluding hydrogens is 368 g/mol. The van der Waals surface area contributed by atoms with Crippen molar-refractivity contribution in [1.29, 1.82) is 0 Å². The van der Waals surface area contributed by atoms with Gasteiger partial charge in [0.25, 0.3) is 0 Å². The van der Waals surface area contributed by atoms with Crippen LogP contribution in [0.2, 0.25) is 0 Å². The molecule has 0 fully saturated rings. The molecule has 0 spiro atoms. The lowest BCUT2D eigenvalue weighted by Crippen LogP contribution is -2.11. The van der Waals surface area contributed by atoms with Gasteiger partial charge in [-0.3, -0.25) is 0 Å². The highest BCUT2D eigenvalue weighted by atomic mass is 32.2. The molecule has 0 amide bonds. The Hall–Kier alpha value is -1.40. The number of carbonyl (C=O) groups is 2. The number of ether oxygens (including phenoxy) is 2. The third kappa shape index (κ3) is 7.46.